The molecule has 0 saturated heterocycles. The van der Waals surface area contributed by atoms with E-state index in [1.807, 2.05) is 0 Å². The van der Waals surface area contributed by atoms with Crippen molar-refractivity contribution in [3.05, 3.63) is 53.9 Å². The van der Waals surface area contributed by atoms with Crippen molar-refractivity contribution in [2.24, 2.45) is 0 Å². The first-order valence-corrected chi connectivity index (χ1v) is 6.98. The zero-order valence-electron chi connectivity index (χ0n) is 12.9. The Morgan fingerprint density at radius 2 is 1.88 bits per heavy atom. The standard InChI is InChI=1S/C16H16N4O4/c1-24-14(21)9-19-15(22)10-6-7-13(18-8-10)16(23)20-12-5-3-2-4-11(12)17/h2-8H,9,17H2,1H3,(H,19,22)(H,20,23). The van der Waals surface area contributed by atoms with E-state index in [0.717, 1.165) is 0 Å². The molecule has 0 aliphatic rings. The molecule has 2 amide bonds. The van der Waals surface area contributed by atoms with Crippen molar-refractivity contribution in [1.29, 1.82) is 0 Å². The number of rotatable bonds is 5. The molecule has 1 heterocycles. The van der Waals surface area contributed by atoms with Gasteiger partial charge < -0.3 is 21.1 Å². The topological polar surface area (TPSA) is 123 Å². The summed E-state index contributed by atoms with van der Waals surface area (Å²) in [7, 11) is 1.23. The van der Waals surface area contributed by atoms with Crippen LogP contribution in [-0.4, -0.2) is 36.4 Å². The van der Waals surface area contributed by atoms with Gasteiger partial charge in [0, 0.05) is 6.20 Å². The average Bonchev–Trinajstić information content (AvgIpc) is 2.61. The van der Waals surface area contributed by atoms with Gasteiger partial charge in [-0.15, -0.1) is 0 Å². The Morgan fingerprint density at radius 1 is 1.12 bits per heavy atom. The maximum Gasteiger partial charge on any atom is 0.325 e. The van der Waals surface area contributed by atoms with E-state index in [1.54, 1.807) is 24.3 Å². The highest BCUT2D eigenvalue weighted by molar-refractivity contribution is 6.05. The molecule has 0 radical (unpaired) electrons. The van der Waals surface area contributed by atoms with Crippen molar-refractivity contribution >= 4 is 29.2 Å². The van der Waals surface area contributed by atoms with Crippen LogP contribution in [0.5, 0.6) is 0 Å². The number of carbonyl (C=O) groups excluding carboxylic acids is 3. The van der Waals surface area contributed by atoms with E-state index in [4.69, 9.17) is 5.73 Å². The Kier molecular flexibility index (Phi) is 5.45. The molecule has 2 aromatic rings. The fraction of sp³-hybridized carbons (Fsp3) is 0.125. The number of pyridine rings is 1. The van der Waals surface area contributed by atoms with Crippen molar-refractivity contribution in [2.45, 2.75) is 0 Å². The van der Waals surface area contributed by atoms with Crippen molar-refractivity contribution in [1.82, 2.24) is 10.3 Å². The number of nitrogens with zero attached hydrogens (tertiary/aromatic N) is 1. The van der Waals surface area contributed by atoms with Crippen molar-refractivity contribution in [2.75, 3.05) is 24.7 Å². The van der Waals surface area contributed by atoms with Gasteiger partial charge in [-0.3, -0.25) is 19.4 Å². The van der Waals surface area contributed by atoms with E-state index in [1.165, 1.54) is 25.4 Å². The third kappa shape index (κ3) is 4.29. The lowest BCUT2D eigenvalue weighted by atomic mass is 10.2. The third-order valence-electron chi connectivity index (χ3n) is 3.09. The zero-order valence-corrected chi connectivity index (χ0v) is 12.9. The number of nitrogens with two attached hydrogens (primary N) is 1. The molecule has 0 fully saturated rings. The van der Waals surface area contributed by atoms with E-state index >= 15 is 0 Å². The van der Waals surface area contributed by atoms with Gasteiger partial charge >= 0.3 is 5.97 Å². The summed E-state index contributed by atoms with van der Waals surface area (Å²) in [5.74, 6) is -1.51. The molecule has 2 rings (SSSR count). The van der Waals surface area contributed by atoms with Crippen LogP contribution in [0.4, 0.5) is 11.4 Å². The summed E-state index contributed by atoms with van der Waals surface area (Å²) in [5.41, 5.74) is 7.01. The van der Waals surface area contributed by atoms with E-state index < -0.39 is 17.8 Å². The molecule has 0 aliphatic heterocycles. The minimum Gasteiger partial charge on any atom is -0.468 e. The number of ether oxygens (including phenoxy) is 1. The monoisotopic (exact) mass is 328 g/mol. The summed E-state index contributed by atoms with van der Waals surface area (Å²) >= 11 is 0. The number of aromatic nitrogens is 1. The molecule has 0 aliphatic carbocycles. The van der Waals surface area contributed by atoms with Crippen LogP contribution in [-0.2, 0) is 9.53 Å². The summed E-state index contributed by atoms with van der Waals surface area (Å²) in [5, 5.41) is 5.01. The molecule has 0 unspecified atom stereocenters. The fourth-order valence-electron chi connectivity index (χ4n) is 1.79. The number of anilines is 2. The van der Waals surface area contributed by atoms with Crippen LogP contribution < -0.4 is 16.4 Å². The Hall–Kier alpha value is -3.42. The van der Waals surface area contributed by atoms with Gasteiger partial charge in [-0.2, -0.15) is 0 Å². The van der Waals surface area contributed by atoms with Crippen LogP contribution >= 0.6 is 0 Å². The minimum atomic E-state index is -0.562. The highest BCUT2D eigenvalue weighted by atomic mass is 16.5. The van der Waals surface area contributed by atoms with Gasteiger partial charge in [-0.1, -0.05) is 12.1 Å². The van der Waals surface area contributed by atoms with Crippen molar-refractivity contribution in [3.8, 4) is 0 Å². The molecule has 8 heteroatoms. The summed E-state index contributed by atoms with van der Waals surface area (Å²) < 4.78 is 4.42. The number of para-hydroxylation sites is 2. The van der Waals surface area contributed by atoms with Crippen molar-refractivity contribution < 1.29 is 19.1 Å². The predicted molar refractivity (Wildman–Crippen MR) is 87.4 cm³/mol. The number of benzene rings is 1. The quantitative estimate of drug-likeness (QED) is 0.551. The lowest BCUT2D eigenvalue weighted by Crippen LogP contribution is -2.30. The molecule has 0 spiro atoms. The SMILES string of the molecule is COC(=O)CNC(=O)c1ccc(C(=O)Nc2ccccc2N)nc1. The van der Waals surface area contributed by atoms with Crippen LogP contribution in [0, 0.1) is 0 Å². The van der Waals surface area contributed by atoms with Gasteiger partial charge in [0.2, 0.25) is 0 Å². The number of nitrogens with one attached hydrogen (secondary N) is 2. The van der Waals surface area contributed by atoms with Gasteiger partial charge in [0.1, 0.15) is 12.2 Å². The molecule has 1 aromatic heterocycles. The second-order valence-electron chi connectivity index (χ2n) is 4.73. The largest absolute Gasteiger partial charge is 0.468 e. The highest BCUT2D eigenvalue weighted by Crippen LogP contribution is 2.17. The van der Waals surface area contributed by atoms with E-state index in [9.17, 15) is 14.4 Å². The normalized spacial score (nSPS) is 9.88. The van der Waals surface area contributed by atoms with Crippen LogP contribution in [0.1, 0.15) is 20.8 Å². The molecule has 8 nitrogen and oxygen atoms in total. The first-order chi connectivity index (χ1) is 11.5. The Morgan fingerprint density at radius 3 is 2.50 bits per heavy atom. The summed E-state index contributed by atoms with van der Waals surface area (Å²) in [6.45, 7) is -0.245. The number of methoxy groups -OCH3 is 1. The number of amides is 2. The second-order valence-corrected chi connectivity index (χ2v) is 4.73. The number of carbonyl (C=O) groups is 3. The lowest BCUT2D eigenvalue weighted by Gasteiger charge is -2.08. The Bertz CT molecular complexity index is 759. The molecule has 0 bridgehead atoms. The second kappa shape index (κ2) is 7.73. The predicted octanol–water partition coefficient (Wildman–Crippen LogP) is 0.819. The van der Waals surface area contributed by atoms with Crippen molar-refractivity contribution in [3.63, 3.8) is 0 Å². The first-order valence-electron chi connectivity index (χ1n) is 6.98. The number of esters is 1. The average molecular weight is 328 g/mol. The van der Waals surface area contributed by atoms with Crippen LogP contribution in [0.2, 0.25) is 0 Å². The minimum absolute atomic E-state index is 0.128. The zero-order chi connectivity index (χ0) is 17.5. The maximum absolute atomic E-state index is 12.1. The molecule has 124 valence electrons. The summed E-state index contributed by atoms with van der Waals surface area (Å²) in [6.07, 6.45) is 1.25. The van der Waals surface area contributed by atoms with E-state index in [2.05, 4.69) is 20.4 Å². The molecule has 24 heavy (non-hydrogen) atoms. The van der Waals surface area contributed by atoms with Crippen LogP contribution in [0.3, 0.4) is 0 Å². The van der Waals surface area contributed by atoms with E-state index in [0.29, 0.717) is 11.4 Å². The fourth-order valence-corrected chi connectivity index (χ4v) is 1.79. The number of nitrogen functional groups attached to an aromatic ring is 1. The number of hydrogen-bond donors (Lipinski definition) is 3. The highest BCUT2D eigenvalue weighted by Gasteiger charge is 2.12. The van der Waals surface area contributed by atoms with Crippen LogP contribution in [0.15, 0.2) is 42.6 Å². The Labute approximate surface area is 138 Å². The molecule has 0 atom stereocenters. The van der Waals surface area contributed by atoms with Crippen LogP contribution in [0.25, 0.3) is 0 Å². The van der Waals surface area contributed by atoms with Gasteiger partial charge in [0.25, 0.3) is 11.8 Å². The van der Waals surface area contributed by atoms with Gasteiger partial charge in [-0.05, 0) is 24.3 Å². The lowest BCUT2D eigenvalue weighted by molar-refractivity contribution is -0.139. The molecule has 1 aromatic carbocycles. The molecular formula is C16H16N4O4. The number of hydrogen-bond acceptors (Lipinski definition) is 6. The third-order valence-corrected chi connectivity index (χ3v) is 3.09. The van der Waals surface area contributed by atoms with Gasteiger partial charge in [-0.25, -0.2) is 0 Å². The summed E-state index contributed by atoms with van der Waals surface area (Å²) in [6, 6.07) is 9.67. The Balaban J connectivity index is 2.01. The van der Waals surface area contributed by atoms with E-state index in [-0.39, 0.29) is 17.8 Å². The first kappa shape index (κ1) is 16.9. The summed E-state index contributed by atoms with van der Waals surface area (Å²) in [4.78, 5) is 38.8. The van der Waals surface area contributed by atoms with Gasteiger partial charge in [0.15, 0.2) is 0 Å². The molecule has 4 N–H and O–H groups in total. The van der Waals surface area contributed by atoms with Gasteiger partial charge in [0.05, 0.1) is 24.0 Å². The molecular weight excluding hydrogens is 312 g/mol. The maximum atomic E-state index is 12.1. The molecule has 0 saturated carbocycles. The smallest absolute Gasteiger partial charge is 0.325 e.